The molecule has 1 aromatic rings. The van der Waals surface area contributed by atoms with Crippen molar-refractivity contribution in [1.29, 1.82) is 0 Å². The quantitative estimate of drug-likeness (QED) is 0.827. The van der Waals surface area contributed by atoms with Gasteiger partial charge in [-0.1, -0.05) is 32.4 Å². The standard InChI is InChI=1S/C15H28ClN3/c1-7-8-17-11(2)9-15(4,5)10-13-12(3)18-19(6)14(13)16/h11,17H,7-10H2,1-6H3. The molecule has 0 radical (unpaired) electrons. The van der Waals surface area contributed by atoms with Gasteiger partial charge in [0.2, 0.25) is 0 Å². The van der Waals surface area contributed by atoms with Crippen LogP contribution in [0.1, 0.15) is 51.8 Å². The number of rotatable bonds is 7. The Kier molecular flexibility index (Phi) is 5.87. The maximum atomic E-state index is 6.33. The van der Waals surface area contributed by atoms with Gasteiger partial charge in [0.15, 0.2) is 0 Å². The molecule has 1 unspecified atom stereocenters. The third-order valence-corrected chi connectivity index (χ3v) is 4.00. The highest BCUT2D eigenvalue weighted by molar-refractivity contribution is 6.30. The molecule has 1 N–H and O–H groups in total. The van der Waals surface area contributed by atoms with Gasteiger partial charge in [0.05, 0.1) is 5.69 Å². The van der Waals surface area contributed by atoms with Gasteiger partial charge in [0.1, 0.15) is 5.15 Å². The highest BCUT2D eigenvalue weighted by atomic mass is 35.5. The van der Waals surface area contributed by atoms with Crippen molar-refractivity contribution in [3.05, 3.63) is 16.4 Å². The molecular formula is C15H28ClN3. The van der Waals surface area contributed by atoms with Gasteiger partial charge in [-0.15, -0.1) is 0 Å². The average Bonchev–Trinajstić information content (AvgIpc) is 2.52. The van der Waals surface area contributed by atoms with Gasteiger partial charge < -0.3 is 5.32 Å². The fraction of sp³-hybridized carbons (Fsp3) is 0.800. The number of hydrogen-bond acceptors (Lipinski definition) is 2. The second kappa shape index (κ2) is 6.76. The average molecular weight is 286 g/mol. The summed E-state index contributed by atoms with van der Waals surface area (Å²) >= 11 is 6.33. The van der Waals surface area contributed by atoms with Crippen LogP contribution in [0.4, 0.5) is 0 Å². The molecule has 19 heavy (non-hydrogen) atoms. The van der Waals surface area contributed by atoms with Crippen molar-refractivity contribution < 1.29 is 0 Å². The third-order valence-electron chi connectivity index (χ3n) is 3.53. The van der Waals surface area contributed by atoms with E-state index in [9.17, 15) is 0 Å². The molecule has 110 valence electrons. The fourth-order valence-corrected chi connectivity index (χ4v) is 2.96. The molecule has 3 nitrogen and oxygen atoms in total. The number of aromatic nitrogens is 2. The van der Waals surface area contributed by atoms with Crippen molar-refractivity contribution in [3.63, 3.8) is 0 Å². The van der Waals surface area contributed by atoms with E-state index < -0.39 is 0 Å². The van der Waals surface area contributed by atoms with Gasteiger partial charge in [-0.25, -0.2) is 0 Å². The Labute approximate surface area is 122 Å². The number of halogens is 1. The van der Waals surface area contributed by atoms with Crippen molar-refractivity contribution in [3.8, 4) is 0 Å². The second-order valence-electron chi connectivity index (χ2n) is 6.38. The van der Waals surface area contributed by atoms with Crippen molar-refractivity contribution in [1.82, 2.24) is 15.1 Å². The fourth-order valence-electron chi connectivity index (χ4n) is 2.72. The minimum Gasteiger partial charge on any atom is -0.314 e. The van der Waals surface area contributed by atoms with E-state index in [1.165, 1.54) is 12.0 Å². The minimum absolute atomic E-state index is 0.220. The molecule has 0 aliphatic heterocycles. The first kappa shape index (κ1) is 16.5. The van der Waals surface area contributed by atoms with E-state index in [1.807, 2.05) is 14.0 Å². The van der Waals surface area contributed by atoms with Crippen LogP contribution in [0, 0.1) is 12.3 Å². The lowest BCUT2D eigenvalue weighted by Crippen LogP contribution is -2.32. The Morgan fingerprint density at radius 3 is 2.53 bits per heavy atom. The van der Waals surface area contributed by atoms with Crippen molar-refractivity contribution in [2.24, 2.45) is 12.5 Å². The molecule has 1 rings (SSSR count). The number of nitrogens with one attached hydrogen (secondary N) is 1. The second-order valence-corrected chi connectivity index (χ2v) is 6.74. The Hall–Kier alpha value is -0.540. The van der Waals surface area contributed by atoms with Crippen molar-refractivity contribution in [2.45, 2.75) is 59.9 Å². The van der Waals surface area contributed by atoms with E-state index >= 15 is 0 Å². The van der Waals surface area contributed by atoms with E-state index in [2.05, 4.69) is 38.1 Å². The van der Waals surface area contributed by atoms with Crippen LogP contribution >= 0.6 is 11.6 Å². The predicted octanol–water partition coefficient (Wildman–Crippen LogP) is 3.73. The summed E-state index contributed by atoms with van der Waals surface area (Å²) in [7, 11) is 1.90. The maximum absolute atomic E-state index is 6.33. The van der Waals surface area contributed by atoms with Crippen molar-refractivity contribution >= 4 is 11.6 Å². The highest BCUT2D eigenvalue weighted by Crippen LogP contribution is 2.31. The summed E-state index contributed by atoms with van der Waals surface area (Å²) in [6.45, 7) is 12.2. The summed E-state index contributed by atoms with van der Waals surface area (Å²) in [5, 5.41) is 8.72. The first-order chi connectivity index (χ1) is 8.76. The van der Waals surface area contributed by atoms with Gasteiger partial charge in [-0.05, 0) is 45.1 Å². The van der Waals surface area contributed by atoms with E-state index in [0.717, 1.165) is 30.2 Å². The first-order valence-electron chi connectivity index (χ1n) is 7.18. The lowest BCUT2D eigenvalue weighted by atomic mass is 9.80. The summed E-state index contributed by atoms with van der Waals surface area (Å²) in [5.41, 5.74) is 2.46. The van der Waals surface area contributed by atoms with E-state index in [1.54, 1.807) is 4.68 Å². The van der Waals surface area contributed by atoms with Crippen LogP contribution in [-0.4, -0.2) is 22.4 Å². The molecule has 0 bridgehead atoms. The molecule has 1 atom stereocenters. The Morgan fingerprint density at radius 1 is 1.42 bits per heavy atom. The summed E-state index contributed by atoms with van der Waals surface area (Å²) in [6.07, 6.45) is 3.29. The molecule has 0 aliphatic rings. The van der Waals surface area contributed by atoms with Crippen LogP contribution in [0.15, 0.2) is 0 Å². The molecular weight excluding hydrogens is 258 g/mol. The summed E-state index contributed by atoms with van der Waals surface area (Å²) in [4.78, 5) is 0. The molecule has 0 aliphatic carbocycles. The summed E-state index contributed by atoms with van der Waals surface area (Å²) < 4.78 is 1.76. The maximum Gasteiger partial charge on any atom is 0.130 e. The first-order valence-corrected chi connectivity index (χ1v) is 7.56. The largest absolute Gasteiger partial charge is 0.314 e. The van der Waals surface area contributed by atoms with Gasteiger partial charge in [-0.3, -0.25) is 4.68 Å². The Balaban J connectivity index is 2.68. The topological polar surface area (TPSA) is 29.9 Å². The third kappa shape index (κ3) is 4.81. The van der Waals surface area contributed by atoms with Crippen molar-refractivity contribution in [2.75, 3.05) is 6.54 Å². The van der Waals surface area contributed by atoms with Crippen LogP contribution in [0.25, 0.3) is 0 Å². The number of aryl methyl sites for hydroxylation is 2. The molecule has 4 heteroatoms. The lowest BCUT2D eigenvalue weighted by Gasteiger charge is -2.28. The van der Waals surface area contributed by atoms with Gasteiger partial charge in [-0.2, -0.15) is 5.10 Å². The van der Waals surface area contributed by atoms with Crippen LogP contribution in [0.5, 0.6) is 0 Å². The van der Waals surface area contributed by atoms with Gasteiger partial charge in [0, 0.05) is 18.7 Å². The molecule has 1 heterocycles. The smallest absolute Gasteiger partial charge is 0.130 e. The molecule has 0 saturated carbocycles. The molecule has 1 aromatic heterocycles. The zero-order chi connectivity index (χ0) is 14.6. The van der Waals surface area contributed by atoms with E-state index in [4.69, 9.17) is 11.6 Å². The van der Waals surface area contributed by atoms with Crippen LogP contribution in [0.3, 0.4) is 0 Å². The molecule has 0 amide bonds. The number of hydrogen-bond donors (Lipinski definition) is 1. The van der Waals surface area contributed by atoms with Crippen LogP contribution in [-0.2, 0) is 13.5 Å². The summed E-state index contributed by atoms with van der Waals surface area (Å²) in [5.74, 6) is 0. The number of nitrogens with zero attached hydrogens (tertiary/aromatic N) is 2. The monoisotopic (exact) mass is 285 g/mol. The minimum atomic E-state index is 0.220. The molecule has 0 spiro atoms. The van der Waals surface area contributed by atoms with Crippen LogP contribution < -0.4 is 5.32 Å². The van der Waals surface area contributed by atoms with E-state index in [-0.39, 0.29) is 5.41 Å². The van der Waals surface area contributed by atoms with Gasteiger partial charge in [0.25, 0.3) is 0 Å². The molecule has 0 saturated heterocycles. The normalized spacial score (nSPS) is 13.8. The molecule has 0 fully saturated rings. The predicted molar refractivity (Wildman–Crippen MR) is 82.8 cm³/mol. The Morgan fingerprint density at radius 2 is 2.05 bits per heavy atom. The SMILES string of the molecule is CCCNC(C)CC(C)(C)Cc1c(C)nn(C)c1Cl. The molecule has 0 aromatic carbocycles. The zero-order valence-electron chi connectivity index (χ0n) is 13.2. The van der Waals surface area contributed by atoms with E-state index in [0.29, 0.717) is 6.04 Å². The highest BCUT2D eigenvalue weighted by Gasteiger charge is 2.25. The van der Waals surface area contributed by atoms with Gasteiger partial charge >= 0.3 is 0 Å². The summed E-state index contributed by atoms with van der Waals surface area (Å²) in [6, 6.07) is 0.533. The Bertz CT molecular complexity index is 410. The van der Waals surface area contributed by atoms with Crippen LogP contribution in [0.2, 0.25) is 5.15 Å². The zero-order valence-corrected chi connectivity index (χ0v) is 13.9. The lowest BCUT2D eigenvalue weighted by molar-refractivity contribution is 0.286.